The largest absolute Gasteiger partial charge is 0.478 e. The van der Waals surface area contributed by atoms with E-state index in [1.54, 1.807) is 0 Å². The second kappa shape index (κ2) is 4.69. The molecule has 1 saturated carbocycles. The highest BCUT2D eigenvalue weighted by Gasteiger charge is 2.39. The Morgan fingerprint density at radius 2 is 1.94 bits per heavy atom. The number of fused-ring (bicyclic) bond motifs is 1. The molecule has 0 spiro atoms. The Hall–Kier alpha value is -0.830. The van der Waals surface area contributed by atoms with Gasteiger partial charge in [-0.3, -0.25) is 0 Å². The smallest absolute Gasteiger partial charge is 0.331 e. The summed E-state index contributed by atoms with van der Waals surface area (Å²) in [5.74, 6) is 0.378. The summed E-state index contributed by atoms with van der Waals surface area (Å²) >= 11 is 0. The zero-order valence-electron chi connectivity index (χ0n) is 11.6. The fourth-order valence-electron chi connectivity index (χ4n) is 3.65. The molecule has 2 rings (SSSR count). The van der Waals surface area contributed by atoms with E-state index in [1.807, 2.05) is 13.8 Å². The molecule has 0 saturated heterocycles. The number of aliphatic carboxylic acids is 1. The molecule has 0 bridgehead atoms. The third-order valence-electron chi connectivity index (χ3n) is 4.93. The van der Waals surface area contributed by atoms with E-state index in [1.165, 1.54) is 5.57 Å². The van der Waals surface area contributed by atoms with E-state index < -0.39 is 11.6 Å². The molecule has 0 radical (unpaired) electrons. The summed E-state index contributed by atoms with van der Waals surface area (Å²) < 4.78 is 0. The minimum atomic E-state index is -0.750. The molecule has 0 aromatic heterocycles. The zero-order chi connectivity index (χ0) is 13.5. The van der Waals surface area contributed by atoms with E-state index in [2.05, 4.69) is 6.92 Å². The van der Waals surface area contributed by atoms with Crippen molar-refractivity contribution in [3.05, 3.63) is 11.1 Å². The molecule has 2 aliphatic rings. The van der Waals surface area contributed by atoms with Crippen LogP contribution < -0.4 is 0 Å². The Morgan fingerprint density at radius 1 is 1.28 bits per heavy atom. The van der Waals surface area contributed by atoms with Crippen LogP contribution >= 0.6 is 0 Å². The van der Waals surface area contributed by atoms with Gasteiger partial charge in [0.1, 0.15) is 0 Å². The number of carboxylic acids is 1. The molecule has 1 fully saturated rings. The summed E-state index contributed by atoms with van der Waals surface area (Å²) in [4.78, 5) is 11.4. The Balaban J connectivity index is 2.31. The van der Waals surface area contributed by atoms with E-state index in [0.717, 1.165) is 25.7 Å². The predicted octanol–water partition coefficient (Wildman–Crippen LogP) is 2.98. The number of allylic oxidation sites excluding steroid dienone is 1. The van der Waals surface area contributed by atoms with E-state index in [-0.39, 0.29) is 5.92 Å². The van der Waals surface area contributed by atoms with Crippen LogP contribution in [0.2, 0.25) is 0 Å². The molecule has 3 unspecified atom stereocenters. The fraction of sp³-hybridized carbons (Fsp3) is 0.800. The molecule has 3 atom stereocenters. The number of carboxylic acid groups (broad SMARTS) is 1. The first-order valence-electron chi connectivity index (χ1n) is 6.98. The summed E-state index contributed by atoms with van der Waals surface area (Å²) in [6, 6.07) is 0. The molecule has 0 aromatic rings. The van der Waals surface area contributed by atoms with Crippen LogP contribution in [0, 0.1) is 17.8 Å². The maximum absolute atomic E-state index is 11.4. The number of hydrogen-bond acceptors (Lipinski definition) is 2. The summed E-state index contributed by atoms with van der Waals surface area (Å²) in [5, 5.41) is 19.6. The van der Waals surface area contributed by atoms with Crippen molar-refractivity contribution >= 4 is 5.97 Å². The molecule has 2 N–H and O–H groups in total. The van der Waals surface area contributed by atoms with E-state index in [4.69, 9.17) is 0 Å². The van der Waals surface area contributed by atoms with Gasteiger partial charge in [0.05, 0.1) is 5.60 Å². The molecular formula is C15H24O3. The lowest BCUT2D eigenvalue weighted by Crippen LogP contribution is -2.32. The van der Waals surface area contributed by atoms with Gasteiger partial charge >= 0.3 is 5.97 Å². The summed E-state index contributed by atoms with van der Waals surface area (Å²) in [5.41, 5.74) is 1.10. The van der Waals surface area contributed by atoms with Crippen molar-refractivity contribution < 1.29 is 15.0 Å². The highest BCUT2D eigenvalue weighted by Crippen LogP contribution is 2.47. The monoisotopic (exact) mass is 252 g/mol. The minimum absolute atomic E-state index is 0.204. The molecule has 0 aromatic carbocycles. The van der Waals surface area contributed by atoms with Crippen molar-refractivity contribution in [3.63, 3.8) is 0 Å². The SMILES string of the molecule is CC1CCC2=C(C(=O)O)CCC(C(C)(C)O)CC21. The van der Waals surface area contributed by atoms with E-state index >= 15 is 0 Å². The minimum Gasteiger partial charge on any atom is -0.478 e. The maximum atomic E-state index is 11.4. The van der Waals surface area contributed by atoms with Gasteiger partial charge in [0, 0.05) is 5.57 Å². The van der Waals surface area contributed by atoms with Crippen molar-refractivity contribution in [1.82, 2.24) is 0 Å². The molecule has 3 heteroatoms. The number of rotatable bonds is 2. The molecule has 102 valence electrons. The summed E-state index contributed by atoms with van der Waals surface area (Å²) in [6.07, 6.45) is 4.37. The van der Waals surface area contributed by atoms with Gasteiger partial charge in [-0.25, -0.2) is 4.79 Å². The molecule has 0 amide bonds. The Kier molecular flexibility index (Phi) is 3.54. The quantitative estimate of drug-likeness (QED) is 0.794. The molecule has 18 heavy (non-hydrogen) atoms. The highest BCUT2D eigenvalue weighted by molar-refractivity contribution is 5.87. The van der Waals surface area contributed by atoms with E-state index in [0.29, 0.717) is 23.8 Å². The van der Waals surface area contributed by atoms with Crippen LogP contribution in [0.25, 0.3) is 0 Å². The van der Waals surface area contributed by atoms with E-state index in [9.17, 15) is 15.0 Å². The van der Waals surface area contributed by atoms with Crippen molar-refractivity contribution in [2.75, 3.05) is 0 Å². The molecule has 2 aliphatic carbocycles. The first kappa shape index (κ1) is 13.6. The fourth-order valence-corrected chi connectivity index (χ4v) is 3.65. The van der Waals surface area contributed by atoms with Crippen molar-refractivity contribution in [1.29, 1.82) is 0 Å². The second-order valence-electron chi connectivity index (χ2n) is 6.56. The lowest BCUT2D eigenvalue weighted by molar-refractivity contribution is -0.133. The zero-order valence-corrected chi connectivity index (χ0v) is 11.6. The van der Waals surface area contributed by atoms with Gasteiger partial charge in [0.25, 0.3) is 0 Å². The van der Waals surface area contributed by atoms with Gasteiger partial charge < -0.3 is 10.2 Å². The van der Waals surface area contributed by atoms with Crippen LogP contribution in [0.3, 0.4) is 0 Å². The standard InChI is InChI=1S/C15H24O3/c1-9-4-6-11-12(14(16)17)7-5-10(8-13(9)11)15(2,3)18/h9-10,13,18H,4-8H2,1-3H3,(H,16,17). The average molecular weight is 252 g/mol. The van der Waals surface area contributed by atoms with Crippen molar-refractivity contribution in [2.24, 2.45) is 17.8 Å². The van der Waals surface area contributed by atoms with Crippen LogP contribution in [0.15, 0.2) is 11.1 Å². The molecular weight excluding hydrogens is 228 g/mol. The first-order chi connectivity index (χ1) is 8.30. The number of hydrogen-bond donors (Lipinski definition) is 2. The highest BCUT2D eigenvalue weighted by atomic mass is 16.4. The van der Waals surface area contributed by atoms with Crippen LogP contribution in [-0.2, 0) is 4.79 Å². The Morgan fingerprint density at radius 3 is 2.50 bits per heavy atom. The van der Waals surface area contributed by atoms with Gasteiger partial charge in [0.15, 0.2) is 0 Å². The van der Waals surface area contributed by atoms with Gasteiger partial charge in [-0.05, 0) is 63.7 Å². The van der Waals surface area contributed by atoms with Gasteiger partial charge in [-0.1, -0.05) is 12.5 Å². The lowest BCUT2D eigenvalue weighted by atomic mass is 9.79. The second-order valence-corrected chi connectivity index (χ2v) is 6.56. The van der Waals surface area contributed by atoms with Crippen LogP contribution in [-0.4, -0.2) is 21.8 Å². The molecule has 0 heterocycles. The van der Waals surface area contributed by atoms with Gasteiger partial charge in [-0.2, -0.15) is 0 Å². The Labute approximate surface area is 109 Å². The van der Waals surface area contributed by atoms with Gasteiger partial charge in [-0.15, -0.1) is 0 Å². The summed E-state index contributed by atoms with van der Waals surface area (Å²) in [6.45, 7) is 5.91. The topological polar surface area (TPSA) is 57.5 Å². The third-order valence-corrected chi connectivity index (χ3v) is 4.93. The predicted molar refractivity (Wildman–Crippen MR) is 70.2 cm³/mol. The average Bonchev–Trinajstić information content (AvgIpc) is 2.49. The lowest BCUT2D eigenvalue weighted by Gasteiger charge is -2.31. The number of carbonyl (C=O) groups is 1. The van der Waals surface area contributed by atoms with Crippen LogP contribution in [0.1, 0.15) is 52.9 Å². The number of aliphatic hydroxyl groups is 1. The Bertz CT molecular complexity index is 376. The van der Waals surface area contributed by atoms with Crippen LogP contribution in [0.4, 0.5) is 0 Å². The summed E-state index contributed by atoms with van der Waals surface area (Å²) in [7, 11) is 0. The van der Waals surface area contributed by atoms with Crippen LogP contribution in [0.5, 0.6) is 0 Å². The third kappa shape index (κ3) is 2.46. The normalized spacial score (nSPS) is 33.2. The van der Waals surface area contributed by atoms with Crippen molar-refractivity contribution in [2.45, 2.75) is 58.5 Å². The van der Waals surface area contributed by atoms with Crippen molar-refractivity contribution in [3.8, 4) is 0 Å². The molecule has 3 nitrogen and oxygen atoms in total. The first-order valence-corrected chi connectivity index (χ1v) is 6.98. The molecule has 0 aliphatic heterocycles. The maximum Gasteiger partial charge on any atom is 0.331 e. The van der Waals surface area contributed by atoms with Gasteiger partial charge in [0.2, 0.25) is 0 Å².